The van der Waals surface area contributed by atoms with Crippen LogP contribution in [0.4, 0.5) is 8.78 Å². The van der Waals surface area contributed by atoms with Crippen LogP contribution in [0.2, 0.25) is 0 Å². The van der Waals surface area contributed by atoms with Crippen molar-refractivity contribution in [3.63, 3.8) is 0 Å². The number of amides is 3. The van der Waals surface area contributed by atoms with E-state index in [-0.39, 0.29) is 32.0 Å². The Balaban J connectivity index is 1.47. The van der Waals surface area contributed by atoms with E-state index in [1.165, 1.54) is 4.90 Å². The van der Waals surface area contributed by atoms with E-state index in [4.69, 9.17) is 5.73 Å². The number of carbonyl (C=O) groups excluding carboxylic acids is 3. The predicted octanol–water partition coefficient (Wildman–Crippen LogP) is 2.00. The molecule has 0 saturated carbocycles. The first-order valence-corrected chi connectivity index (χ1v) is 9.83. The Bertz CT molecular complexity index is 1020. The molecule has 2 aliphatic rings. The van der Waals surface area contributed by atoms with Gasteiger partial charge in [0, 0.05) is 25.1 Å². The molecule has 2 atom stereocenters. The second kappa shape index (κ2) is 8.43. The molecular formula is C22H21F2N3O4. The Morgan fingerprint density at radius 2 is 1.87 bits per heavy atom. The maximum Gasteiger partial charge on any atom is 0.345 e. The molecular weight excluding hydrogens is 408 g/mol. The SMILES string of the molecule is NC(=O)[C@@H]1C[C@@H](OC(F)F)CN1C(=O)CN1Cc2cc(-c3ccccc3)ccc2C1=O. The standard InChI is InChI=1S/C22H21F2N3O4/c23-22(24)31-16-9-18(20(25)29)27(11-16)19(28)12-26-10-15-8-14(6-7-17(15)21(26)30)13-4-2-1-3-5-13/h1-8,16,18,22H,9-12H2,(H2,25,29)/t16-,18+/m1/s1. The Morgan fingerprint density at radius 1 is 1.13 bits per heavy atom. The van der Waals surface area contributed by atoms with Crippen molar-refractivity contribution in [1.29, 1.82) is 0 Å². The molecule has 0 bridgehead atoms. The highest BCUT2D eigenvalue weighted by Gasteiger charge is 2.41. The van der Waals surface area contributed by atoms with Crippen LogP contribution in [0.5, 0.6) is 0 Å². The molecule has 2 aromatic rings. The van der Waals surface area contributed by atoms with Crippen molar-refractivity contribution in [1.82, 2.24) is 9.80 Å². The molecule has 0 unspecified atom stereocenters. The summed E-state index contributed by atoms with van der Waals surface area (Å²) in [7, 11) is 0. The highest BCUT2D eigenvalue weighted by molar-refractivity contribution is 6.01. The maximum atomic E-state index is 12.8. The van der Waals surface area contributed by atoms with E-state index in [0.717, 1.165) is 21.6 Å². The summed E-state index contributed by atoms with van der Waals surface area (Å²) in [5, 5.41) is 0. The van der Waals surface area contributed by atoms with Crippen LogP contribution < -0.4 is 5.73 Å². The number of halogens is 2. The van der Waals surface area contributed by atoms with Gasteiger partial charge in [-0.25, -0.2) is 0 Å². The largest absolute Gasteiger partial charge is 0.368 e. The minimum Gasteiger partial charge on any atom is -0.368 e. The van der Waals surface area contributed by atoms with Gasteiger partial charge < -0.3 is 20.3 Å². The topological polar surface area (TPSA) is 92.9 Å². The van der Waals surface area contributed by atoms with Gasteiger partial charge >= 0.3 is 6.61 Å². The molecule has 9 heteroatoms. The smallest absolute Gasteiger partial charge is 0.345 e. The van der Waals surface area contributed by atoms with Crippen LogP contribution in [-0.2, 0) is 20.9 Å². The van der Waals surface area contributed by atoms with Crippen molar-refractivity contribution < 1.29 is 27.9 Å². The van der Waals surface area contributed by atoms with Crippen LogP contribution in [0.25, 0.3) is 11.1 Å². The zero-order valence-electron chi connectivity index (χ0n) is 16.5. The van der Waals surface area contributed by atoms with Crippen molar-refractivity contribution in [3.8, 4) is 11.1 Å². The number of ether oxygens (including phenoxy) is 1. The first kappa shape index (κ1) is 20.9. The van der Waals surface area contributed by atoms with E-state index < -0.39 is 30.6 Å². The molecule has 4 rings (SSSR count). The minimum absolute atomic E-state index is 0.0972. The lowest BCUT2D eigenvalue weighted by Crippen LogP contribution is -2.47. The second-order valence-corrected chi connectivity index (χ2v) is 7.62. The average molecular weight is 429 g/mol. The molecule has 7 nitrogen and oxygen atoms in total. The van der Waals surface area contributed by atoms with E-state index >= 15 is 0 Å². The third-order valence-electron chi connectivity index (χ3n) is 5.62. The van der Waals surface area contributed by atoms with Gasteiger partial charge in [-0.1, -0.05) is 36.4 Å². The van der Waals surface area contributed by atoms with Crippen LogP contribution in [0.15, 0.2) is 48.5 Å². The molecule has 2 heterocycles. The van der Waals surface area contributed by atoms with E-state index in [0.29, 0.717) is 5.56 Å². The summed E-state index contributed by atoms with van der Waals surface area (Å²) in [6.45, 7) is -3.22. The number of rotatable bonds is 6. The maximum absolute atomic E-state index is 12.8. The number of hydrogen-bond acceptors (Lipinski definition) is 4. The normalized spacial score (nSPS) is 20.4. The summed E-state index contributed by atoms with van der Waals surface area (Å²) < 4.78 is 29.5. The van der Waals surface area contributed by atoms with E-state index in [2.05, 4.69) is 4.74 Å². The quantitative estimate of drug-likeness (QED) is 0.760. The first-order valence-electron chi connectivity index (χ1n) is 9.83. The van der Waals surface area contributed by atoms with Gasteiger partial charge in [0.1, 0.15) is 12.6 Å². The summed E-state index contributed by atoms with van der Waals surface area (Å²) in [6, 6.07) is 14.2. The number of nitrogens with two attached hydrogens (primary N) is 1. The molecule has 0 aliphatic carbocycles. The Labute approximate surface area is 177 Å². The van der Waals surface area contributed by atoms with Crippen molar-refractivity contribution in [2.45, 2.75) is 31.7 Å². The number of hydrogen-bond donors (Lipinski definition) is 1. The predicted molar refractivity (Wildman–Crippen MR) is 107 cm³/mol. The lowest BCUT2D eigenvalue weighted by molar-refractivity contribution is -0.160. The number of carbonyl (C=O) groups is 3. The van der Waals surface area contributed by atoms with Crippen LogP contribution in [0, 0.1) is 0 Å². The molecule has 0 aromatic heterocycles. The molecule has 3 amide bonds. The van der Waals surface area contributed by atoms with Crippen molar-refractivity contribution in [2.24, 2.45) is 5.73 Å². The highest BCUT2D eigenvalue weighted by atomic mass is 19.3. The zero-order chi connectivity index (χ0) is 22.1. The Hall–Kier alpha value is -3.33. The zero-order valence-corrected chi connectivity index (χ0v) is 16.5. The minimum atomic E-state index is -3.01. The Kier molecular flexibility index (Phi) is 5.69. The number of benzene rings is 2. The lowest BCUT2D eigenvalue weighted by atomic mass is 10.0. The molecule has 31 heavy (non-hydrogen) atoms. The summed E-state index contributed by atoms with van der Waals surface area (Å²) in [4.78, 5) is 39.8. The molecule has 1 fully saturated rings. The van der Waals surface area contributed by atoms with Crippen molar-refractivity contribution >= 4 is 17.7 Å². The molecule has 2 aliphatic heterocycles. The van der Waals surface area contributed by atoms with Crippen LogP contribution in [0.1, 0.15) is 22.3 Å². The van der Waals surface area contributed by atoms with Crippen LogP contribution in [-0.4, -0.2) is 59.4 Å². The summed E-state index contributed by atoms with van der Waals surface area (Å²) in [6.07, 6.45) is -1.08. The summed E-state index contributed by atoms with van der Waals surface area (Å²) >= 11 is 0. The Morgan fingerprint density at radius 3 is 2.55 bits per heavy atom. The van der Waals surface area contributed by atoms with Crippen LogP contribution in [0.3, 0.4) is 0 Å². The van der Waals surface area contributed by atoms with Gasteiger partial charge in [-0.2, -0.15) is 8.78 Å². The number of likely N-dealkylation sites (tertiary alicyclic amines) is 1. The van der Waals surface area contributed by atoms with E-state index in [1.807, 2.05) is 42.5 Å². The van der Waals surface area contributed by atoms with Gasteiger partial charge in [-0.15, -0.1) is 0 Å². The number of primary amides is 1. The summed E-state index contributed by atoms with van der Waals surface area (Å²) in [5.74, 6) is -1.62. The molecule has 162 valence electrons. The third-order valence-corrected chi connectivity index (χ3v) is 5.62. The van der Waals surface area contributed by atoms with Gasteiger partial charge in [-0.3, -0.25) is 14.4 Å². The van der Waals surface area contributed by atoms with Crippen molar-refractivity contribution in [3.05, 3.63) is 59.7 Å². The third kappa shape index (κ3) is 4.27. The first-order chi connectivity index (χ1) is 14.8. The molecule has 0 spiro atoms. The van der Waals surface area contributed by atoms with Gasteiger partial charge in [0.05, 0.1) is 6.10 Å². The van der Waals surface area contributed by atoms with E-state index in [9.17, 15) is 23.2 Å². The van der Waals surface area contributed by atoms with Gasteiger partial charge in [-0.05, 0) is 28.8 Å². The van der Waals surface area contributed by atoms with Gasteiger partial charge in [0.15, 0.2) is 0 Å². The fraction of sp³-hybridized carbons (Fsp3) is 0.318. The monoisotopic (exact) mass is 429 g/mol. The summed E-state index contributed by atoms with van der Waals surface area (Å²) in [5.41, 5.74) is 8.62. The second-order valence-electron chi connectivity index (χ2n) is 7.62. The number of fused-ring (bicyclic) bond motifs is 1. The van der Waals surface area contributed by atoms with Gasteiger partial charge in [0.25, 0.3) is 5.91 Å². The van der Waals surface area contributed by atoms with Crippen LogP contribution >= 0.6 is 0 Å². The van der Waals surface area contributed by atoms with E-state index in [1.54, 1.807) is 6.07 Å². The highest BCUT2D eigenvalue weighted by Crippen LogP contribution is 2.29. The number of nitrogens with zero attached hydrogens (tertiary/aromatic N) is 2. The molecule has 1 saturated heterocycles. The average Bonchev–Trinajstić information content (AvgIpc) is 3.29. The molecule has 2 aromatic carbocycles. The molecule has 0 radical (unpaired) electrons. The fourth-order valence-electron chi connectivity index (χ4n) is 4.16. The molecule has 2 N–H and O–H groups in total. The number of alkyl halides is 2. The lowest BCUT2D eigenvalue weighted by Gasteiger charge is -2.25. The fourth-order valence-corrected chi connectivity index (χ4v) is 4.16. The van der Waals surface area contributed by atoms with Crippen molar-refractivity contribution in [2.75, 3.05) is 13.1 Å². The van der Waals surface area contributed by atoms with Gasteiger partial charge in [0.2, 0.25) is 11.8 Å².